The Morgan fingerprint density at radius 3 is 2.60 bits per heavy atom. The summed E-state index contributed by atoms with van der Waals surface area (Å²) in [5.74, 6) is 0.520. The third-order valence-corrected chi connectivity index (χ3v) is 5.39. The molecule has 20 heavy (non-hydrogen) atoms. The zero-order valence-electron chi connectivity index (χ0n) is 13.7. The average Bonchev–Trinajstić information content (AvgIpc) is 2.90. The highest BCUT2D eigenvalue weighted by atomic mass is 15.2. The first-order chi connectivity index (χ1) is 9.39. The maximum atomic E-state index is 9.70. The third kappa shape index (κ3) is 3.18. The predicted octanol–water partition coefficient (Wildman–Crippen LogP) is 3.31. The van der Waals surface area contributed by atoms with Crippen LogP contribution in [0, 0.1) is 17.2 Å². The second-order valence-corrected chi connectivity index (χ2v) is 7.66. The molecule has 2 aliphatic rings. The molecular formula is C17H31N3. The highest BCUT2D eigenvalue weighted by molar-refractivity contribution is 5.14. The van der Waals surface area contributed by atoms with Gasteiger partial charge in [-0.05, 0) is 78.8 Å². The van der Waals surface area contributed by atoms with Crippen molar-refractivity contribution in [1.29, 1.82) is 5.26 Å². The van der Waals surface area contributed by atoms with Gasteiger partial charge in [-0.15, -0.1) is 0 Å². The van der Waals surface area contributed by atoms with Crippen molar-refractivity contribution in [3.63, 3.8) is 0 Å². The summed E-state index contributed by atoms with van der Waals surface area (Å²) in [6.07, 6.45) is 7.23. The van der Waals surface area contributed by atoms with Gasteiger partial charge in [0.15, 0.2) is 0 Å². The van der Waals surface area contributed by atoms with E-state index in [0.29, 0.717) is 17.5 Å². The van der Waals surface area contributed by atoms with Gasteiger partial charge in [0, 0.05) is 11.6 Å². The topological polar surface area (TPSA) is 39.1 Å². The molecule has 0 aromatic carbocycles. The number of nitriles is 1. The maximum absolute atomic E-state index is 9.70. The fourth-order valence-corrected chi connectivity index (χ4v) is 4.24. The van der Waals surface area contributed by atoms with Crippen LogP contribution in [0.5, 0.6) is 0 Å². The number of likely N-dealkylation sites (tertiary alicyclic amines) is 1. The van der Waals surface area contributed by atoms with Crippen molar-refractivity contribution in [2.75, 3.05) is 13.1 Å². The van der Waals surface area contributed by atoms with Crippen molar-refractivity contribution < 1.29 is 0 Å². The molecule has 0 radical (unpaired) electrons. The number of nitrogens with zero attached hydrogens (tertiary/aromatic N) is 2. The van der Waals surface area contributed by atoms with Gasteiger partial charge >= 0.3 is 0 Å². The Bertz CT molecular complexity index is 369. The van der Waals surface area contributed by atoms with E-state index in [2.05, 4.69) is 44.0 Å². The molecule has 1 heterocycles. The zero-order chi connectivity index (χ0) is 14.8. The molecule has 1 aliphatic carbocycles. The smallest absolute Gasteiger partial charge is 0.109 e. The van der Waals surface area contributed by atoms with Gasteiger partial charge < -0.3 is 0 Å². The SMILES string of the molecule is CC(C)NC1(C#N)CCCC1CCN1CCCC1(C)C. The minimum Gasteiger partial charge on any atom is -0.298 e. The van der Waals surface area contributed by atoms with Crippen LogP contribution in [0.25, 0.3) is 0 Å². The number of rotatable bonds is 5. The van der Waals surface area contributed by atoms with Gasteiger partial charge in [-0.2, -0.15) is 5.26 Å². The summed E-state index contributed by atoms with van der Waals surface area (Å²) < 4.78 is 0. The number of nitrogens with one attached hydrogen (secondary N) is 1. The first-order valence-corrected chi connectivity index (χ1v) is 8.34. The summed E-state index contributed by atoms with van der Waals surface area (Å²) in [6.45, 7) is 11.4. The molecule has 1 aliphatic heterocycles. The standard InChI is InChI=1S/C17H31N3/c1-14(2)19-17(13-18)10-5-7-15(17)8-12-20-11-6-9-16(20,3)4/h14-15,19H,5-12H2,1-4H3. The van der Waals surface area contributed by atoms with E-state index in [4.69, 9.17) is 0 Å². The summed E-state index contributed by atoms with van der Waals surface area (Å²) in [7, 11) is 0. The van der Waals surface area contributed by atoms with Crippen LogP contribution in [0.4, 0.5) is 0 Å². The van der Waals surface area contributed by atoms with E-state index in [1.165, 1.54) is 32.2 Å². The van der Waals surface area contributed by atoms with Crippen molar-refractivity contribution in [3.8, 4) is 6.07 Å². The molecule has 0 aromatic rings. The molecular weight excluding hydrogens is 246 g/mol. The number of hydrogen-bond acceptors (Lipinski definition) is 3. The molecule has 0 bridgehead atoms. The van der Waals surface area contributed by atoms with E-state index >= 15 is 0 Å². The molecule has 1 saturated carbocycles. The van der Waals surface area contributed by atoms with Gasteiger partial charge in [-0.3, -0.25) is 10.2 Å². The Labute approximate surface area is 124 Å². The van der Waals surface area contributed by atoms with Gasteiger partial charge in [0.05, 0.1) is 6.07 Å². The van der Waals surface area contributed by atoms with Gasteiger partial charge in [-0.25, -0.2) is 0 Å². The largest absolute Gasteiger partial charge is 0.298 e. The van der Waals surface area contributed by atoms with Crippen LogP contribution in [0.3, 0.4) is 0 Å². The summed E-state index contributed by atoms with van der Waals surface area (Å²) >= 11 is 0. The van der Waals surface area contributed by atoms with Gasteiger partial charge in [0.1, 0.15) is 5.54 Å². The Kier molecular flexibility index (Phi) is 4.76. The first kappa shape index (κ1) is 15.8. The molecule has 1 N–H and O–H groups in total. The molecule has 0 spiro atoms. The third-order valence-electron chi connectivity index (χ3n) is 5.39. The second-order valence-electron chi connectivity index (χ2n) is 7.66. The Balaban J connectivity index is 1.96. The summed E-state index contributed by atoms with van der Waals surface area (Å²) in [5.41, 5.74) is 0.0947. The van der Waals surface area contributed by atoms with Crippen LogP contribution in [-0.2, 0) is 0 Å². The molecule has 0 aromatic heterocycles. The molecule has 114 valence electrons. The predicted molar refractivity (Wildman–Crippen MR) is 83.5 cm³/mol. The van der Waals surface area contributed by atoms with E-state index < -0.39 is 0 Å². The second kappa shape index (κ2) is 6.03. The van der Waals surface area contributed by atoms with Crippen LogP contribution in [0.1, 0.15) is 66.2 Å². The zero-order valence-corrected chi connectivity index (χ0v) is 13.7. The number of hydrogen-bond donors (Lipinski definition) is 1. The van der Waals surface area contributed by atoms with Crippen LogP contribution in [0.2, 0.25) is 0 Å². The molecule has 3 nitrogen and oxygen atoms in total. The summed E-state index contributed by atoms with van der Waals surface area (Å²) in [4.78, 5) is 2.63. The van der Waals surface area contributed by atoms with Crippen molar-refractivity contribution in [1.82, 2.24) is 10.2 Å². The Morgan fingerprint density at radius 1 is 1.30 bits per heavy atom. The van der Waals surface area contributed by atoms with E-state index in [0.717, 1.165) is 19.4 Å². The van der Waals surface area contributed by atoms with Crippen LogP contribution < -0.4 is 5.32 Å². The fraction of sp³-hybridized carbons (Fsp3) is 0.941. The van der Waals surface area contributed by atoms with E-state index in [1.54, 1.807) is 0 Å². The van der Waals surface area contributed by atoms with E-state index in [1.807, 2.05) is 0 Å². The maximum Gasteiger partial charge on any atom is 0.109 e. The minimum absolute atomic E-state index is 0.266. The molecule has 3 heteroatoms. The minimum atomic E-state index is -0.266. The van der Waals surface area contributed by atoms with Gasteiger partial charge in [0.2, 0.25) is 0 Å². The molecule has 0 amide bonds. The average molecular weight is 277 g/mol. The van der Waals surface area contributed by atoms with E-state index in [9.17, 15) is 5.26 Å². The van der Waals surface area contributed by atoms with Crippen molar-refractivity contribution >= 4 is 0 Å². The normalized spacial score (nSPS) is 33.7. The lowest BCUT2D eigenvalue weighted by Gasteiger charge is -2.36. The van der Waals surface area contributed by atoms with Gasteiger partial charge in [0.25, 0.3) is 0 Å². The van der Waals surface area contributed by atoms with Crippen LogP contribution in [0.15, 0.2) is 0 Å². The van der Waals surface area contributed by atoms with Crippen molar-refractivity contribution in [2.24, 2.45) is 5.92 Å². The lowest BCUT2D eigenvalue weighted by atomic mass is 9.85. The van der Waals surface area contributed by atoms with Crippen LogP contribution >= 0.6 is 0 Å². The molecule has 2 rings (SSSR count). The quantitative estimate of drug-likeness (QED) is 0.838. The van der Waals surface area contributed by atoms with Crippen molar-refractivity contribution in [3.05, 3.63) is 0 Å². The highest BCUT2D eigenvalue weighted by Gasteiger charge is 2.44. The summed E-state index contributed by atoms with van der Waals surface area (Å²) in [6, 6.07) is 3.01. The molecule has 2 atom stereocenters. The van der Waals surface area contributed by atoms with Crippen molar-refractivity contribution in [2.45, 2.75) is 83.3 Å². The lowest BCUT2D eigenvalue weighted by Crippen LogP contribution is -2.51. The monoisotopic (exact) mass is 277 g/mol. The molecule has 2 fully saturated rings. The lowest BCUT2D eigenvalue weighted by molar-refractivity contribution is 0.152. The first-order valence-electron chi connectivity index (χ1n) is 8.34. The fourth-order valence-electron chi connectivity index (χ4n) is 4.24. The van der Waals surface area contributed by atoms with Gasteiger partial charge in [-0.1, -0.05) is 6.42 Å². The van der Waals surface area contributed by atoms with Crippen LogP contribution in [-0.4, -0.2) is 35.1 Å². The van der Waals surface area contributed by atoms with E-state index in [-0.39, 0.29) is 5.54 Å². The molecule has 1 saturated heterocycles. The highest BCUT2D eigenvalue weighted by Crippen LogP contribution is 2.39. The summed E-state index contributed by atoms with van der Waals surface area (Å²) in [5, 5.41) is 13.3. The Hall–Kier alpha value is -0.590. The molecule has 2 unspecified atom stereocenters. The Morgan fingerprint density at radius 2 is 2.05 bits per heavy atom.